The normalized spacial score (nSPS) is 10.5. The molecule has 100 valence electrons. The third-order valence-electron chi connectivity index (χ3n) is 2.31. The van der Waals surface area contributed by atoms with Crippen LogP contribution in [0.4, 0.5) is 14.5 Å². The molecule has 1 heterocycles. The molecule has 0 saturated heterocycles. The molecule has 2 N–H and O–H groups in total. The number of rotatable bonds is 3. The van der Waals surface area contributed by atoms with Crippen LogP contribution in [0, 0.1) is 11.6 Å². The minimum absolute atomic E-state index is 0.134. The van der Waals surface area contributed by atoms with E-state index in [0.717, 1.165) is 6.07 Å². The molecule has 2 rings (SSSR count). The molecule has 0 amide bonds. The number of nitrogens with zero attached hydrogens (tertiary/aromatic N) is 3. The zero-order valence-corrected chi connectivity index (χ0v) is 9.93. The van der Waals surface area contributed by atoms with Gasteiger partial charge in [-0.2, -0.15) is 0 Å². The highest BCUT2D eigenvalue weighted by Crippen LogP contribution is 2.18. The summed E-state index contributed by atoms with van der Waals surface area (Å²) in [5.74, 6) is -3.15. The molecule has 0 saturated carbocycles. The molecule has 8 heteroatoms. The number of hydrogen-bond donors (Lipinski definition) is 1. The van der Waals surface area contributed by atoms with Crippen molar-refractivity contribution < 1.29 is 18.3 Å². The molecule has 1 aromatic heterocycles. The number of nitrogen functional groups attached to an aromatic ring is 1. The number of halogens is 2. The summed E-state index contributed by atoms with van der Waals surface area (Å²) in [4.78, 5) is 11.7. The van der Waals surface area contributed by atoms with Gasteiger partial charge in [-0.3, -0.25) is 4.68 Å². The second kappa shape index (κ2) is 5.01. The third kappa shape index (κ3) is 2.84. The molecule has 1 aromatic carbocycles. The molecule has 6 nitrogen and oxygen atoms in total. The Bertz CT molecular complexity index is 627. The van der Waals surface area contributed by atoms with Crippen LogP contribution in [0.3, 0.4) is 0 Å². The number of nitrogens with two attached hydrogens (primary N) is 1. The Morgan fingerprint density at radius 1 is 1.42 bits per heavy atom. The molecular formula is C11H10F2N4O2. The number of carbonyl (C=O) groups is 1. The maximum Gasteiger partial charge on any atom is 0.340 e. The van der Waals surface area contributed by atoms with Crippen molar-refractivity contribution in [2.75, 3.05) is 5.73 Å². The fourth-order valence-electron chi connectivity index (χ4n) is 1.42. The monoisotopic (exact) mass is 268 g/mol. The first kappa shape index (κ1) is 12.9. The van der Waals surface area contributed by atoms with Gasteiger partial charge in [-0.15, -0.1) is 5.10 Å². The van der Waals surface area contributed by atoms with E-state index in [1.807, 2.05) is 0 Å². The van der Waals surface area contributed by atoms with Gasteiger partial charge in [-0.25, -0.2) is 13.6 Å². The Morgan fingerprint density at radius 2 is 2.11 bits per heavy atom. The van der Waals surface area contributed by atoms with Gasteiger partial charge in [0.25, 0.3) is 0 Å². The lowest BCUT2D eigenvalue weighted by atomic mass is 10.1. The predicted octanol–water partition coefficient (Wildman–Crippen LogP) is 1.03. The van der Waals surface area contributed by atoms with Crippen LogP contribution < -0.4 is 5.73 Å². The zero-order valence-electron chi connectivity index (χ0n) is 9.93. The van der Waals surface area contributed by atoms with Gasteiger partial charge in [0.2, 0.25) is 0 Å². The van der Waals surface area contributed by atoms with Gasteiger partial charge in [0.15, 0.2) is 11.6 Å². The average molecular weight is 268 g/mol. The smallest absolute Gasteiger partial charge is 0.340 e. The van der Waals surface area contributed by atoms with E-state index in [2.05, 4.69) is 10.3 Å². The summed E-state index contributed by atoms with van der Waals surface area (Å²) >= 11 is 0. The zero-order chi connectivity index (χ0) is 14.0. The first-order valence-corrected chi connectivity index (χ1v) is 5.24. The number of carbonyl (C=O) groups excluding carboxylic acids is 1. The quantitative estimate of drug-likeness (QED) is 0.664. The van der Waals surface area contributed by atoms with Crippen molar-refractivity contribution in [3.63, 3.8) is 0 Å². The van der Waals surface area contributed by atoms with E-state index in [4.69, 9.17) is 10.5 Å². The number of ether oxygens (including phenoxy) is 1. The molecule has 0 aliphatic rings. The number of benzene rings is 1. The fourth-order valence-corrected chi connectivity index (χ4v) is 1.42. The van der Waals surface area contributed by atoms with E-state index in [-0.39, 0.29) is 17.9 Å². The lowest BCUT2D eigenvalue weighted by molar-refractivity contribution is 0.0468. The third-order valence-corrected chi connectivity index (χ3v) is 2.31. The minimum Gasteiger partial charge on any atom is -0.455 e. The molecular weight excluding hydrogens is 258 g/mol. The van der Waals surface area contributed by atoms with Gasteiger partial charge >= 0.3 is 5.97 Å². The predicted molar refractivity (Wildman–Crippen MR) is 60.9 cm³/mol. The fraction of sp³-hybridized carbons (Fsp3) is 0.182. The summed E-state index contributed by atoms with van der Waals surface area (Å²) in [6.45, 7) is -0.134. The SMILES string of the molecule is Cn1cc(COC(=O)c2cc(F)c(F)cc2N)nn1. The molecule has 19 heavy (non-hydrogen) atoms. The Kier molecular flexibility index (Phi) is 3.41. The summed E-state index contributed by atoms with van der Waals surface area (Å²) < 4.78 is 32.2. The van der Waals surface area contributed by atoms with Crippen LogP contribution in [0.1, 0.15) is 16.1 Å². The Labute approximate surface area is 106 Å². The largest absolute Gasteiger partial charge is 0.455 e. The number of hydrogen-bond acceptors (Lipinski definition) is 5. The number of aryl methyl sites for hydroxylation is 1. The maximum atomic E-state index is 13.0. The van der Waals surface area contributed by atoms with Gasteiger partial charge in [-0.1, -0.05) is 5.21 Å². The summed E-state index contributed by atoms with van der Waals surface area (Å²) in [7, 11) is 1.66. The van der Waals surface area contributed by atoms with E-state index in [0.29, 0.717) is 11.8 Å². The van der Waals surface area contributed by atoms with Crippen molar-refractivity contribution in [3.8, 4) is 0 Å². The van der Waals surface area contributed by atoms with Crippen LogP contribution >= 0.6 is 0 Å². The molecule has 2 aromatic rings. The second-order valence-electron chi connectivity index (χ2n) is 3.81. The standard InChI is InChI=1S/C11H10F2N4O2/c1-17-4-6(15-16-17)5-19-11(18)7-2-8(12)9(13)3-10(7)14/h2-4H,5,14H2,1H3. The van der Waals surface area contributed by atoms with Crippen molar-refractivity contribution in [1.82, 2.24) is 15.0 Å². The highest BCUT2D eigenvalue weighted by molar-refractivity contribution is 5.95. The molecule has 0 radical (unpaired) electrons. The first-order chi connectivity index (χ1) is 8.97. The van der Waals surface area contributed by atoms with Crippen molar-refractivity contribution in [2.45, 2.75) is 6.61 Å². The first-order valence-electron chi connectivity index (χ1n) is 5.24. The Hall–Kier alpha value is -2.51. The molecule has 0 aliphatic heterocycles. The van der Waals surface area contributed by atoms with Crippen molar-refractivity contribution in [3.05, 3.63) is 41.2 Å². The topological polar surface area (TPSA) is 83.0 Å². The number of aromatic nitrogens is 3. The van der Waals surface area contributed by atoms with Gasteiger partial charge in [0, 0.05) is 18.8 Å². The summed E-state index contributed by atoms with van der Waals surface area (Å²) in [6, 6.07) is 1.43. The Balaban J connectivity index is 2.10. The maximum absolute atomic E-state index is 13.0. The molecule has 0 fully saturated rings. The number of anilines is 1. The van der Waals surface area contributed by atoms with E-state index in [9.17, 15) is 13.6 Å². The van der Waals surface area contributed by atoms with Crippen molar-refractivity contribution in [2.24, 2.45) is 7.05 Å². The van der Waals surface area contributed by atoms with Gasteiger partial charge in [0.05, 0.1) is 11.8 Å². The second-order valence-corrected chi connectivity index (χ2v) is 3.81. The van der Waals surface area contributed by atoms with E-state index >= 15 is 0 Å². The van der Waals surface area contributed by atoms with Crippen LogP contribution in [0.2, 0.25) is 0 Å². The van der Waals surface area contributed by atoms with Gasteiger partial charge in [-0.05, 0) is 6.07 Å². The highest BCUT2D eigenvalue weighted by atomic mass is 19.2. The van der Waals surface area contributed by atoms with Crippen molar-refractivity contribution in [1.29, 1.82) is 0 Å². The Morgan fingerprint density at radius 3 is 2.74 bits per heavy atom. The summed E-state index contributed by atoms with van der Waals surface area (Å²) in [6.07, 6.45) is 1.56. The molecule has 0 unspecified atom stereocenters. The van der Waals surface area contributed by atoms with Gasteiger partial charge < -0.3 is 10.5 Å². The van der Waals surface area contributed by atoms with E-state index in [1.54, 1.807) is 13.2 Å². The molecule has 0 aliphatic carbocycles. The van der Waals surface area contributed by atoms with Crippen LogP contribution in [0.25, 0.3) is 0 Å². The molecule has 0 atom stereocenters. The lowest BCUT2D eigenvalue weighted by Crippen LogP contribution is -2.09. The number of esters is 1. The van der Waals surface area contributed by atoms with E-state index < -0.39 is 17.6 Å². The minimum atomic E-state index is -1.17. The molecule has 0 spiro atoms. The lowest BCUT2D eigenvalue weighted by Gasteiger charge is -2.06. The summed E-state index contributed by atoms with van der Waals surface area (Å²) in [5.41, 5.74) is 5.43. The van der Waals surface area contributed by atoms with Crippen molar-refractivity contribution >= 4 is 11.7 Å². The van der Waals surface area contributed by atoms with Crippen LogP contribution in [-0.4, -0.2) is 21.0 Å². The highest BCUT2D eigenvalue weighted by Gasteiger charge is 2.16. The average Bonchev–Trinajstić information content (AvgIpc) is 2.77. The summed E-state index contributed by atoms with van der Waals surface area (Å²) in [5, 5.41) is 7.36. The van der Waals surface area contributed by atoms with Crippen LogP contribution in [0.15, 0.2) is 18.3 Å². The van der Waals surface area contributed by atoms with Gasteiger partial charge in [0.1, 0.15) is 12.3 Å². The molecule has 0 bridgehead atoms. The van der Waals surface area contributed by atoms with E-state index in [1.165, 1.54) is 4.68 Å². The van der Waals surface area contributed by atoms with Crippen LogP contribution in [-0.2, 0) is 18.4 Å². The van der Waals surface area contributed by atoms with Crippen LogP contribution in [0.5, 0.6) is 0 Å².